The highest BCUT2D eigenvalue weighted by Gasteiger charge is 2.51. The van der Waals surface area contributed by atoms with Crippen molar-refractivity contribution in [2.75, 3.05) is 26.3 Å². The van der Waals surface area contributed by atoms with Gasteiger partial charge in [-0.05, 0) is 96.8 Å². The smallest absolute Gasteiger partial charge is 0.416 e. The summed E-state index contributed by atoms with van der Waals surface area (Å²) >= 11 is 0. The number of carbonyl (C=O) groups is 2. The van der Waals surface area contributed by atoms with Gasteiger partial charge in [0.2, 0.25) is 0 Å². The van der Waals surface area contributed by atoms with E-state index in [1.54, 1.807) is 73.7 Å². The predicted molar refractivity (Wildman–Crippen MR) is 251 cm³/mol. The Morgan fingerprint density at radius 1 is 0.671 bits per heavy atom. The Kier molecular flexibility index (Phi) is 17.1. The number of amides is 2. The molecule has 3 saturated heterocycles. The zero-order valence-corrected chi connectivity index (χ0v) is 40.9. The lowest BCUT2D eigenvalue weighted by atomic mass is 9.75. The lowest BCUT2D eigenvalue weighted by molar-refractivity contribution is -0.145. The van der Waals surface area contributed by atoms with Crippen LogP contribution < -0.4 is 10.6 Å². The Morgan fingerprint density at radius 3 is 1.59 bits per heavy atom. The summed E-state index contributed by atoms with van der Waals surface area (Å²) in [4.78, 5) is 26.5. The number of likely N-dealkylation sites (tertiary alicyclic amines) is 1. The van der Waals surface area contributed by atoms with Crippen molar-refractivity contribution in [1.82, 2.24) is 15.5 Å². The summed E-state index contributed by atoms with van der Waals surface area (Å²) in [7, 11) is 0. The van der Waals surface area contributed by atoms with Gasteiger partial charge in [0.1, 0.15) is 12.7 Å². The van der Waals surface area contributed by atoms with Crippen molar-refractivity contribution in [3.05, 3.63) is 177 Å². The molecule has 2 amide bonds. The fraction of sp³-hybridized carbons (Fsp3) is 0.407. The van der Waals surface area contributed by atoms with E-state index < -0.39 is 88.5 Å². The minimum atomic E-state index is -5.00. The molecule has 410 valence electrons. The molecule has 8 atom stereocenters. The van der Waals surface area contributed by atoms with Crippen molar-refractivity contribution in [3.8, 4) is 0 Å². The average Bonchev–Trinajstić information content (AvgIpc) is 3.80. The van der Waals surface area contributed by atoms with E-state index in [0.29, 0.717) is 42.8 Å². The number of halogens is 12. The van der Waals surface area contributed by atoms with E-state index in [-0.39, 0.29) is 74.1 Å². The molecule has 22 heteroatoms. The summed E-state index contributed by atoms with van der Waals surface area (Å²) in [6, 6.07) is 29.2. The average molecular weight is 1080 g/mol. The number of nitrogens with zero attached hydrogens (tertiary/aromatic N) is 1. The quantitative estimate of drug-likeness (QED) is 0.106. The summed E-state index contributed by atoms with van der Waals surface area (Å²) in [5, 5.41) is 16.8. The van der Waals surface area contributed by atoms with Crippen LogP contribution in [0.5, 0.6) is 0 Å². The second-order valence-corrected chi connectivity index (χ2v) is 19.1. The van der Waals surface area contributed by atoms with Gasteiger partial charge in [0, 0.05) is 6.54 Å². The number of carbonyl (C=O) groups excluding carboxylic acids is 2. The van der Waals surface area contributed by atoms with Crippen molar-refractivity contribution in [3.63, 3.8) is 0 Å². The van der Waals surface area contributed by atoms with Crippen LogP contribution in [-0.2, 0) is 61.3 Å². The first kappa shape index (κ1) is 57.3. The number of aliphatic hydroxyl groups excluding tert-OH is 1. The topological polar surface area (TPSA) is 119 Å². The van der Waals surface area contributed by atoms with Crippen LogP contribution in [0.15, 0.2) is 127 Å². The molecule has 0 aliphatic carbocycles. The molecule has 0 radical (unpaired) electrons. The first-order valence-electron chi connectivity index (χ1n) is 23.9. The van der Waals surface area contributed by atoms with E-state index in [2.05, 4.69) is 10.6 Å². The number of alkyl halides is 12. The lowest BCUT2D eigenvalue weighted by Gasteiger charge is -2.50. The molecule has 3 aliphatic heterocycles. The van der Waals surface area contributed by atoms with Crippen molar-refractivity contribution in [2.45, 2.75) is 106 Å². The second kappa shape index (κ2) is 22.7. The van der Waals surface area contributed by atoms with Crippen LogP contribution in [0.25, 0.3) is 0 Å². The van der Waals surface area contributed by atoms with Crippen molar-refractivity contribution >= 4 is 12.2 Å². The second-order valence-electron chi connectivity index (χ2n) is 19.1. The van der Waals surface area contributed by atoms with Crippen molar-refractivity contribution in [1.29, 1.82) is 0 Å². The number of fused-ring (bicyclic) bond motifs is 1. The Hall–Kier alpha value is -6.36. The number of benzene rings is 5. The van der Waals surface area contributed by atoms with E-state index in [0.717, 1.165) is 11.1 Å². The van der Waals surface area contributed by atoms with Gasteiger partial charge in [-0.15, -0.1) is 0 Å². The number of ether oxygens (including phenoxy) is 4. The van der Waals surface area contributed by atoms with Gasteiger partial charge in [0.15, 0.2) is 0 Å². The highest BCUT2D eigenvalue weighted by molar-refractivity contribution is 5.71. The van der Waals surface area contributed by atoms with Gasteiger partial charge < -0.3 is 34.7 Å². The molecule has 10 nitrogen and oxygen atoms in total. The zero-order valence-electron chi connectivity index (χ0n) is 40.9. The summed E-state index contributed by atoms with van der Waals surface area (Å²) in [6.45, 7) is 4.34. The molecule has 3 heterocycles. The summed E-state index contributed by atoms with van der Waals surface area (Å²) < 4.78 is 183. The van der Waals surface area contributed by atoms with Gasteiger partial charge in [0.25, 0.3) is 0 Å². The molecule has 3 aliphatic rings. The minimum absolute atomic E-state index is 0.0472. The first-order valence-corrected chi connectivity index (χ1v) is 23.9. The van der Waals surface area contributed by atoms with Crippen LogP contribution in [0.1, 0.15) is 95.9 Å². The maximum absolute atomic E-state index is 13.5. The molecule has 0 aromatic heterocycles. The molecular weight excluding hydrogens is 1030 g/mol. The van der Waals surface area contributed by atoms with E-state index in [4.69, 9.17) is 18.9 Å². The number of piperidine rings is 2. The normalized spacial score (nSPS) is 23.8. The Bertz CT molecular complexity index is 2700. The molecule has 0 spiro atoms. The van der Waals surface area contributed by atoms with E-state index in [1.165, 1.54) is 18.7 Å². The molecule has 5 aromatic rings. The van der Waals surface area contributed by atoms with Crippen molar-refractivity contribution in [2.24, 2.45) is 5.92 Å². The van der Waals surface area contributed by atoms with Gasteiger partial charge >= 0.3 is 36.9 Å². The van der Waals surface area contributed by atoms with Crippen LogP contribution in [-0.4, -0.2) is 66.7 Å². The van der Waals surface area contributed by atoms with Gasteiger partial charge in [-0.25, -0.2) is 9.59 Å². The first-order chi connectivity index (χ1) is 35.6. The molecule has 76 heavy (non-hydrogen) atoms. The molecule has 4 unspecified atom stereocenters. The Balaban J connectivity index is 0.000000226. The van der Waals surface area contributed by atoms with Crippen LogP contribution in [0, 0.1) is 5.92 Å². The SMILES string of the molecule is CC1C[C@@](CO[C@H](C)c2cc(C(F)(F)F)cc(C(F)(F)F)c2)(c2ccccc2)N(C(=O)OCc2ccccc2)CC1O.C[C@@H](OC[C@@]1(c2ccccc2)CC2NC(=O)OC2CN1)c1cc(C(F)(F)F)cc(C(F)(F)F)c1. The van der Waals surface area contributed by atoms with Gasteiger partial charge in [-0.3, -0.25) is 4.90 Å². The van der Waals surface area contributed by atoms with Crippen molar-refractivity contribution < 1.29 is 86.3 Å². The molecule has 5 aromatic carbocycles. The fourth-order valence-corrected chi connectivity index (χ4v) is 9.54. The van der Waals surface area contributed by atoms with Crippen LogP contribution >= 0.6 is 0 Å². The number of nitrogens with one attached hydrogen (secondary N) is 2. The highest BCUT2D eigenvalue weighted by atomic mass is 19.4. The van der Waals surface area contributed by atoms with Crippen LogP contribution in [0.4, 0.5) is 62.3 Å². The number of β-amino-alcohol motifs (C(OH)–C–C–N with tert-alkyl or cyclic N) is 1. The monoisotopic (exact) mass is 1080 g/mol. The molecular formula is C54H53F12N3O7. The van der Waals surface area contributed by atoms with Crippen LogP contribution in [0.2, 0.25) is 0 Å². The van der Waals surface area contributed by atoms with E-state index in [1.807, 2.05) is 24.3 Å². The number of rotatable bonds is 12. The fourth-order valence-electron chi connectivity index (χ4n) is 9.54. The summed E-state index contributed by atoms with van der Waals surface area (Å²) in [6.07, 6.45) is -24.2. The molecule has 3 N–H and O–H groups in total. The molecule has 3 fully saturated rings. The number of hydrogen-bond acceptors (Lipinski definition) is 8. The van der Waals surface area contributed by atoms with Gasteiger partial charge in [-0.2, -0.15) is 52.7 Å². The molecule has 0 saturated carbocycles. The maximum Gasteiger partial charge on any atom is 0.416 e. The summed E-state index contributed by atoms with van der Waals surface area (Å²) in [5.74, 6) is -0.326. The largest absolute Gasteiger partial charge is 0.445 e. The molecule has 8 rings (SSSR count). The van der Waals surface area contributed by atoms with Gasteiger partial charge in [0.05, 0.1) is 77.4 Å². The minimum Gasteiger partial charge on any atom is -0.445 e. The summed E-state index contributed by atoms with van der Waals surface area (Å²) in [5.41, 5.74) is -6.15. The van der Waals surface area contributed by atoms with Gasteiger partial charge in [-0.1, -0.05) is 97.9 Å². The van der Waals surface area contributed by atoms with Crippen LogP contribution in [0.3, 0.4) is 0 Å². The number of hydrogen-bond donors (Lipinski definition) is 3. The standard InChI is InChI=1S/C31H31F6NO4.C23H22F6N2O3/c1-20-16-29(24-11-7-4-8-12-24,38(17-27(20)39)28(40)41-18-22-9-5-3-6-10-22)19-42-21(2)23-13-25(30(32,33)34)15-26(14-23)31(35,36)37;1-13(14-7-16(22(24,25)26)9-17(8-14)23(27,28)29)33-12-21(15-5-3-2-4-6-15)10-18-19(11-30-21)34-20(32)31-18/h3-15,20-21,27,39H,16-19H2,1-2H3;2-9,13,18-19,30H,10-12H2,1H3,(H,31,32)/t20?,21-,27?,29-;13-,18?,19?,21-/m11/s1. The van der Waals surface area contributed by atoms with E-state index in [9.17, 15) is 67.4 Å². The Morgan fingerprint density at radius 2 is 1.12 bits per heavy atom. The number of alkyl carbamates (subject to hydrolysis) is 1. The zero-order chi connectivity index (χ0) is 55.4. The third kappa shape index (κ3) is 13.6. The number of aliphatic hydroxyl groups is 1. The third-order valence-corrected chi connectivity index (χ3v) is 13.8. The lowest BCUT2D eigenvalue weighted by Crippen LogP contribution is -2.60. The predicted octanol–water partition coefficient (Wildman–Crippen LogP) is 12.9. The maximum atomic E-state index is 13.5. The molecule has 0 bridgehead atoms. The highest BCUT2D eigenvalue weighted by Crippen LogP contribution is 2.44. The third-order valence-electron chi connectivity index (χ3n) is 13.8. The van der Waals surface area contributed by atoms with E-state index >= 15 is 0 Å². The Labute approximate surface area is 429 Å².